The van der Waals surface area contributed by atoms with E-state index >= 15 is 4.39 Å². The van der Waals surface area contributed by atoms with Crippen LogP contribution in [0.4, 0.5) is 18.0 Å². The van der Waals surface area contributed by atoms with Crippen molar-refractivity contribution < 1.29 is 27.5 Å². The lowest BCUT2D eigenvalue weighted by Crippen LogP contribution is -2.83. The summed E-state index contributed by atoms with van der Waals surface area (Å²) in [5, 5.41) is 0. The lowest BCUT2D eigenvalue weighted by Gasteiger charge is -2.62. The zero-order valence-electron chi connectivity index (χ0n) is 14.4. The molecule has 0 bridgehead atoms. The highest BCUT2D eigenvalue weighted by atomic mass is 19.2. The fourth-order valence-corrected chi connectivity index (χ4v) is 3.89. The van der Waals surface area contributed by atoms with Crippen molar-refractivity contribution in [1.82, 2.24) is 9.80 Å². The van der Waals surface area contributed by atoms with Crippen LogP contribution in [0.5, 0.6) is 0 Å². The average Bonchev–Trinajstić information content (AvgIpc) is 2.64. The maximum absolute atomic E-state index is 15.5. The number of amides is 3. The van der Waals surface area contributed by atoms with Gasteiger partial charge in [0.05, 0.1) is 0 Å². The lowest BCUT2D eigenvalue weighted by molar-refractivity contribution is -0.352. The number of rotatable bonds is 2. The molecule has 2 aromatic carbocycles. The predicted octanol–water partition coefficient (Wildman–Crippen LogP) is 2.80. The lowest BCUT2D eigenvalue weighted by atomic mass is 9.70. The van der Waals surface area contributed by atoms with Gasteiger partial charge in [-0.2, -0.15) is 4.39 Å². The molecular formula is C19H15F3N2O3. The molecule has 8 heteroatoms. The molecule has 2 aliphatic rings. The third kappa shape index (κ3) is 2.16. The predicted molar refractivity (Wildman–Crippen MR) is 88.2 cm³/mol. The molecule has 0 radical (unpaired) electrons. The van der Waals surface area contributed by atoms with Crippen LogP contribution >= 0.6 is 0 Å². The molecule has 2 fully saturated rings. The quantitative estimate of drug-likeness (QED) is 0.810. The Kier molecular flexibility index (Phi) is 3.61. The zero-order valence-corrected chi connectivity index (χ0v) is 14.4. The third-order valence-corrected chi connectivity index (χ3v) is 5.16. The Morgan fingerprint density at radius 2 is 1.33 bits per heavy atom. The van der Waals surface area contributed by atoms with E-state index in [0.717, 1.165) is 11.9 Å². The van der Waals surface area contributed by atoms with Crippen LogP contribution in [0.2, 0.25) is 0 Å². The summed E-state index contributed by atoms with van der Waals surface area (Å²) in [7, 11) is 2.52. The molecule has 2 unspecified atom stereocenters. The van der Waals surface area contributed by atoms with E-state index in [1.165, 1.54) is 55.6 Å². The Morgan fingerprint density at radius 1 is 0.889 bits per heavy atom. The molecule has 4 rings (SSSR count). The van der Waals surface area contributed by atoms with Gasteiger partial charge >= 0.3 is 11.9 Å². The number of benzene rings is 2. The molecule has 2 atom stereocenters. The zero-order chi connectivity index (χ0) is 19.6. The largest absolute Gasteiger partial charge is 0.326 e. The van der Waals surface area contributed by atoms with Gasteiger partial charge in [0, 0.05) is 14.1 Å². The van der Waals surface area contributed by atoms with E-state index < -0.39 is 41.1 Å². The molecule has 2 aromatic rings. The number of hydrogen-bond acceptors (Lipinski definition) is 3. The van der Waals surface area contributed by atoms with Gasteiger partial charge < -0.3 is 9.64 Å². The van der Waals surface area contributed by atoms with E-state index in [9.17, 15) is 18.4 Å². The van der Waals surface area contributed by atoms with E-state index in [0.29, 0.717) is 16.0 Å². The Hall–Kier alpha value is -2.87. The van der Waals surface area contributed by atoms with Crippen molar-refractivity contribution in [3.63, 3.8) is 0 Å². The van der Waals surface area contributed by atoms with Crippen LogP contribution in [0, 0.1) is 11.6 Å². The summed E-state index contributed by atoms with van der Waals surface area (Å²) in [5.74, 6) is -4.90. The first-order valence-corrected chi connectivity index (χ1v) is 8.18. The Morgan fingerprint density at radius 3 is 1.78 bits per heavy atom. The molecule has 5 nitrogen and oxygen atoms in total. The van der Waals surface area contributed by atoms with Crippen LogP contribution in [-0.2, 0) is 15.1 Å². The molecule has 2 heterocycles. The topological polar surface area (TPSA) is 49.9 Å². The first kappa shape index (κ1) is 17.5. The molecule has 0 N–H and O–H groups in total. The van der Waals surface area contributed by atoms with Gasteiger partial charge in [-0.3, -0.25) is 9.69 Å². The van der Waals surface area contributed by atoms with Crippen molar-refractivity contribution in [3.8, 4) is 0 Å². The molecular weight excluding hydrogens is 361 g/mol. The molecule has 2 aliphatic heterocycles. The normalized spacial score (nSPS) is 26.6. The number of nitrogens with zero attached hydrogens (tertiary/aromatic N) is 2. The maximum Gasteiger partial charge on any atom is 0.326 e. The first-order chi connectivity index (χ1) is 12.7. The van der Waals surface area contributed by atoms with Crippen molar-refractivity contribution in [3.05, 3.63) is 71.3 Å². The van der Waals surface area contributed by atoms with E-state index in [4.69, 9.17) is 4.74 Å². The molecule has 3 amide bonds. The van der Waals surface area contributed by atoms with E-state index in [2.05, 4.69) is 0 Å². The van der Waals surface area contributed by atoms with E-state index in [1.807, 2.05) is 0 Å². The van der Waals surface area contributed by atoms with E-state index in [-0.39, 0.29) is 0 Å². The minimum Gasteiger partial charge on any atom is -0.318 e. The molecule has 0 saturated carbocycles. The smallest absolute Gasteiger partial charge is 0.318 e. The number of carbonyl (C=O) groups is 2. The molecule has 140 valence electrons. The van der Waals surface area contributed by atoms with Gasteiger partial charge in [-0.15, -0.1) is 0 Å². The maximum atomic E-state index is 15.5. The van der Waals surface area contributed by atoms with Crippen LogP contribution in [0.25, 0.3) is 0 Å². The number of imide groups is 1. The highest BCUT2D eigenvalue weighted by molar-refractivity contribution is 6.02. The number of likely N-dealkylation sites (N-methyl/N-ethyl adjacent to an activating group) is 2. The van der Waals surface area contributed by atoms with Crippen molar-refractivity contribution in [1.29, 1.82) is 0 Å². The SMILES string of the molecule is CN1C(=O)N(C)C2C(F)(OC2(c2ccc(F)cc2)c2ccc(F)cc2)C1=O. The van der Waals surface area contributed by atoms with Gasteiger partial charge in [0.25, 0.3) is 5.91 Å². The van der Waals surface area contributed by atoms with Crippen LogP contribution < -0.4 is 0 Å². The summed E-state index contributed by atoms with van der Waals surface area (Å²) in [5.41, 5.74) is -0.908. The van der Waals surface area contributed by atoms with Crippen molar-refractivity contribution in [2.75, 3.05) is 14.1 Å². The summed E-state index contributed by atoms with van der Waals surface area (Å²) in [4.78, 5) is 26.5. The number of urea groups is 1. The highest BCUT2D eigenvalue weighted by Gasteiger charge is 2.77. The van der Waals surface area contributed by atoms with Gasteiger partial charge in [-0.25, -0.2) is 13.6 Å². The summed E-state index contributed by atoms with van der Waals surface area (Å²) >= 11 is 0. The van der Waals surface area contributed by atoms with Gasteiger partial charge in [0.15, 0.2) is 0 Å². The van der Waals surface area contributed by atoms with Crippen molar-refractivity contribution in [2.45, 2.75) is 17.5 Å². The van der Waals surface area contributed by atoms with Crippen LogP contribution in [0.3, 0.4) is 0 Å². The number of alkyl halides is 1. The second-order valence-electron chi connectivity index (χ2n) is 6.66. The number of hydrogen-bond donors (Lipinski definition) is 0. The van der Waals surface area contributed by atoms with Crippen molar-refractivity contribution >= 4 is 11.9 Å². The minimum atomic E-state index is -2.76. The fourth-order valence-electron chi connectivity index (χ4n) is 3.89. The molecule has 0 spiro atoms. The number of halogens is 3. The number of carbonyl (C=O) groups excluding carboxylic acids is 2. The Bertz CT molecular complexity index is 887. The standard InChI is InChI=1S/C19H15F3N2O3/c1-23-15-18(11-3-7-13(20)8-4-11,12-5-9-14(21)10-6-12)27-19(15,22)16(25)24(2)17(23)26/h3-10,15H,1-2H3. The van der Waals surface area contributed by atoms with Crippen LogP contribution in [0.15, 0.2) is 48.5 Å². The summed E-state index contributed by atoms with van der Waals surface area (Å²) in [6, 6.07) is 8.19. The van der Waals surface area contributed by atoms with Gasteiger partial charge in [-0.05, 0) is 35.4 Å². The Labute approximate surface area is 152 Å². The van der Waals surface area contributed by atoms with Crippen LogP contribution in [0.1, 0.15) is 11.1 Å². The first-order valence-electron chi connectivity index (χ1n) is 8.18. The highest BCUT2D eigenvalue weighted by Crippen LogP contribution is 2.57. The van der Waals surface area contributed by atoms with Crippen molar-refractivity contribution in [2.24, 2.45) is 0 Å². The second-order valence-corrected chi connectivity index (χ2v) is 6.66. The Balaban J connectivity index is 1.93. The summed E-state index contributed by atoms with van der Waals surface area (Å²) in [6.45, 7) is 0. The van der Waals surface area contributed by atoms with Gasteiger partial charge in [-0.1, -0.05) is 24.3 Å². The second kappa shape index (κ2) is 5.56. The van der Waals surface area contributed by atoms with Crippen LogP contribution in [-0.4, -0.2) is 47.7 Å². The molecule has 0 aliphatic carbocycles. The fraction of sp³-hybridized carbons (Fsp3) is 0.263. The number of fused-ring (bicyclic) bond motifs is 1. The molecule has 27 heavy (non-hydrogen) atoms. The van der Waals surface area contributed by atoms with E-state index in [1.54, 1.807) is 0 Å². The molecule has 2 saturated heterocycles. The van der Waals surface area contributed by atoms with Gasteiger partial charge in [0.1, 0.15) is 23.3 Å². The summed E-state index contributed by atoms with van der Waals surface area (Å²) < 4.78 is 47.9. The average molecular weight is 376 g/mol. The molecule has 0 aromatic heterocycles. The number of ether oxygens (including phenoxy) is 1. The monoisotopic (exact) mass is 376 g/mol. The van der Waals surface area contributed by atoms with Gasteiger partial charge in [0.2, 0.25) is 0 Å². The summed E-state index contributed by atoms with van der Waals surface area (Å²) in [6.07, 6.45) is 0. The third-order valence-electron chi connectivity index (χ3n) is 5.16. The minimum absolute atomic E-state index is 0.339.